The molecule has 168 valence electrons. The van der Waals surface area contributed by atoms with Gasteiger partial charge >= 0.3 is 0 Å². The summed E-state index contributed by atoms with van der Waals surface area (Å²) in [6.45, 7) is 0.394. The highest BCUT2D eigenvalue weighted by atomic mass is 16.5. The Morgan fingerprint density at radius 3 is 2.33 bits per heavy atom. The van der Waals surface area contributed by atoms with Crippen molar-refractivity contribution in [2.45, 2.75) is 19.4 Å². The van der Waals surface area contributed by atoms with Gasteiger partial charge in [0, 0.05) is 30.3 Å². The fourth-order valence-corrected chi connectivity index (χ4v) is 3.70. The van der Waals surface area contributed by atoms with Crippen molar-refractivity contribution in [3.63, 3.8) is 0 Å². The summed E-state index contributed by atoms with van der Waals surface area (Å²) in [5.41, 5.74) is 4.73. The number of carbonyl (C=O) groups excluding carboxylic acids is 1. The summed E-state index contributed by atoms with van der Waals surface area (Å²) in [6.07, 6.45) is 2.88. The maximum Gasteiger partial charge on any atom is 0.220 e. The standard InChI is InChI=1S/C27H27N3O3/c1-32-24-14-15-25(33-2)21(17-24)13-16-26(31)28-18-22-19-30(23-11-7-4-8-12-23)29-27(22)20-9-5-3-6-10-20/h3-12,14-15,17,19H,13,16,18H2,1-2H3,(H,28,31). The van der Waals surface area contributed by atoms with Crippen molar-refractivity contribution in [3.8, 4) is 28.4 Å². The van der Waals surface area contributed by atoms with Gasteiger partial charge in [-0.15, -0.1) is 0 Å². The van der Waals surface area contributed by atoms with Gasteiger partial charge in [-0.2, -0.15) is 5.10 Å². The van der Waals surface area contributed by atoms with Gasteiger partial charge in [-0.25, -0.2) is 4.68 Å². The van der Waals surface area contributed by atoms with Crippen molar-refractivity contribution in [1.82, 2.24) is 15.1 Å². The van der Waals surface area contributed by atoms with E-state index >= 15 is 0 Å². The molecule has 0 aliphatic rings. The van der Waals surface area contributed by atoms with Gasteiger partial charge in [0.2, 0.25) is 5.91 Å². The van der Waals surface area contributed by atoms with Crippen LogP contribution in [0.5, 0.6) is 11.5 Å². The van der Waals surface area contributed by atoms with Crippen molar-refractivity contribution < 1.29 is 14.3 Å². The molecule has 3 aromatic carbocycles. The number of methoxy groups -OCH3 is 2. The minimum atomic E-state index is -0.0358. The highest BCUT2D eigenvalue weighted by Gasteiger charge is 2.14. The van der Waals surface area contributed by atoms with Crippen molar-refractivity contribution in [3.05, 3.63) is 96.2 Å². The third-order valence-electron chi connectivity index (χ3n) is 5.44. The fourth-order valence-electron chi connectivity index (χ4n) is 3.70. The molecule has 0 radical (unpaired) electrons. The number of hydrogen-bond acceptors (Lipinski definition) is 4. The van der Waals surface area contributed by atoms with E-state index in [9.17, 15) is 4.79 Å². The molecule has 0 aliphatic carbocycles. The lowest BCUT2D eigenvalue weighted by Crippen LogP contribution is -2.23. The molecule has 6 heteroatoms. The average molecular weight is 442 g/mol. The third kappa shape index (κ3) is 5.41. The largest absolute Gasteiger partial charge is 0.497 e. The molecule has 0 saturated heterocycles. The predicted molar refractivity (Wildman–Crippen MR) is 129 cm³/mol. The molecule has 0 atom stereocenters. The second-order valence-electron chi connectivity index (χ2n) is 7.60. The minimum absolute atomic E-state index is 0.0358. The molecule has 0 bridgehead atoms. The molecule has 4 rings (SSSR count). The molecular weight excluding hydrogens is 414 g/mol. The first-order chi connectivity index (χ1) is 16.2. The second-order valence-corrected chi connectivity index (χ2v) is 7.60. The van der Waals surface area contributed by atoms with Gasteiger partial charge < -0.3 is 14.8 Å². The topological polar surface area (TPSA) is 65.4 Å². The van der Waals surface area contributed by atoms with Gasteiger partial charge in [0.1, 0.15) is 11.5 Å². The number of hydrogen-bond donors (Lipinski definition) is 1. The maximum absolute atomic E-state index is 12.7. The SMILES string of the molecule is COc1ccc(OC)c(CCC(=O)NCc2cn(-c3ccccc3)nc2-c2ccccc2)c1. The van der Waals surface area contributed by atoms with Gasteiger partial charge in [0.05, 0.1) is 25.6 Å². The third-order valence-corrected chi connectivity index (χ3v) is 5.44. The summed E-state index contributed by atoms with van der Waals surface area (Å²) in [4.78, 5) is 12.7. The Morgan fingerprint density at radius 2 is 1.64 bits per heavy atom. The van der Waals surface area contributed by atoms with Gasteiger partial charge in [-0.1, -0.05) is 48.5 Å². The molecule has 1 N–H and O–H groups in total. The van der Waals surface area contributed by atoms with Gasteiger partial charge in [-0.3, -0.25) is 4.79 Å². The molecule has 0 spiro atoms. The average Bonchev–Trinajstić information content (AvgIpc) is 3.31. The molecule has 1 heterocycles. The van der Waals surface area contributed by atoms with Crippen molar-refractivity contribution >= 4 is 5.91 Å². The molecule has 0 aliphatic heterocycles. The van der Waals surface area contributed by atoms with E-state index in [0.717, 1.165) is 39.6 Å². The number of amides is 1. The summed E-state index contributed by atoms with van der Waals surface area (Å²) in [5, 5.41) is 7.84. The van der Waals surface area contributed by atoms with E-state index in [-0.39, 0.29) is 5.91 Å². The first kappa shape index (κ1) is 22.1. The van der Waals surface area contributed by atoms with E-state index in [1.165, 1.54) is 0 Å². The van der Waals surface area contributed by atoms with Gasteiger partial charge in [-0.05, 0) is 42.3 Å². The first-order valence-electron chi connectivity index (χ1n) is 10.8. The smallest absolute Gasteiger partial charge is 0.220 e. The molecule has 0 fully saturated rings. The number of aryl methyl sites for hydroxylation is 1. The monoisotopic (exact) mass is 441 g/mol. The summed E-state index contributed by atoms with van der Waals surface area (Å²) >= 11 is 0. The van der Waals surface area contributed by atoms with Crippen LogP contribution >= 0.6 is 0 Å². The van der Waals surface area contributed by atoms with Crippen LogP contribution in [-0.4, -0.2) is 29.9 Å². The van der Waals surface area contributed by atoms with Crippen molar-refractivity contribution in [2.24, 2.45) is 0 Å². The fraction of sp³-hybridized carbons (Fsp3) is 0.185. The molecule has 33 heavy (non-hydrogen) atoms. The number of carbonyl (C=O) groups is 1. The van der Waals surface area contributed by atoms with Crippen LogP contribution in [0.15, 0.2) is 85.1 Å². The van der Waals surface area contributed by atoms with E-state index in [2.05, 4.69) is 5.32 Å². The Kier molecular flexibility index (Phi) is 7.05. The van der Waals surface area contributed by atoms with Crippen LogP contribution in [0, 0.1) is 0 Å². The molecule has 4 aromatic rings. The Bertz CT molecular complexity index is 1200. The minimum Gasteiger partial charge on any atom is -0.497 e. The molecule has 1 aromatic heterocycles. The number of nitrogens with one attached hydrogen (secondary N) is 1. The van der Waals surface area contributed by atoms with E-state index < -0.39 is 0 Å². The van der Waals surface area contributed by atoms with Crippen LogP contribution in [0.1, 0.15) is 17.5 Å². The lowest BCUT2D eigenvalue weighted by molar-refractivity contribution is -0.121. The summed E-state index contributed by atoms with van der Waals surface area (Å²) in [5.74, 6) is 1.46. The molecule has 0 saturated carbocycles. The van der Waals surface area contributed by atoms with Gasteiger partial charge in [0.15, 0.2) is 0 Å². The number of rotatable bonds is 9. The van der Waals surface area contributed by atoms with Crippen LogP contribution in [0.2, 0.25) is 0 Å². The first-order valence-corrected chi connectivity index (χ1v) is 10.8. The van der Waals surface area contributed by atoms with Gasteiger partial charge in [0.25, 0.3) is 0 Å². The zero-order valence-electron chi connectivity index (χ0n) is 18.8. The molecule has 1 amide bonds. The maximum atomic E-state index is 12.7. The number of benzene rings is 3. The Labute approximate surface area is 193 Å². The van der Waals surface area contributed by atoms with Crippen LogP contribution < -0.4 is 14.8 Å². The van der Waals surface area contributed by atoms with Crippen molar-refractivity contribution in [2.75, 3.05) is 14.2 Å². The predicted octanol–water partition coefficient (Wildman–Crippen LogP) is 4.81. The summed E-state index contributed by atoms with van der Waals surface area (Å²) < 4.78 is 12.6. The zero-order valence-corrected chi connectivity index (χ0v) is 18.8. The van der Waals surface area contributed by atoms with E-state index in [1.807, 2.05) is 89.7 Å². The highest BCUT2D eigenvalue weighted by Crippen LogP contribution is 2.26. The summed E-state index contributed by atoms with van der Waals surface area (Å²) in [7, 11) is 3.25. The van der Waals surface area contributed by atoms with Crippen LogP contribution in [0.25, 0.3) is 16.9 Å². The van der Waals surface area contributed by atoms with Crippen LogP contribution in [0.4, 0.5) is 0 Å². The van der Waals surface area contributed by atoms with E-state index in [4.69, 9.17) is 14.6 Å². The number of aromatic nitrogens is 2. The van der Waals surface area contributed by atoms with Crippen molar-refractivity contribution in [1.29, 1.82) is 0 Å². The molecular formula is C27H27N3O3. The number of para-hydroxylation sites is 1. The van der Waals surface area contributed by atoms with Crippen LogP contribution in [0.3, 0.4) is 0 Å². The Morgan fingerprint density at radius 1 is 0.909 bits per heavy atom. The molecule has 6 nitrogen and oxygen atoms in total. The number of ether oxygens (including phenoxy) is 2. The normalized spacial score (nSPS) is 10.6. The lowest BCUT2D eigenvalue weighted by Gasteiger charge is -2.11. The van der Waals surface area contributed by atoms with E-state index in [1.54, 1.807) is 14.2 Å². The van der Waals surface area contributed by atoms with E-state index in [0.29, 0.717) is 19.4 Å². The van der Waals surface area contributed by atoms with Crippen LogP contribution in [-0.2, 0) is 17.8 Å². The summed E-state index contributed by atoms with van der Waals surface area (Å²) in [6, 6.07) is 25.6. The molecule has 0 unspecified atom stereocenters. The Balaban J connectivity index is 1.47. The second kappa shape index (κ2) is 10.5. The quantitative estimate of drug-likeness (QED) is 0.405. The zero-order chi connectivity index (χ0) is 23.0. The number of nitrogens with zero attached hydrogens (tertiary/aromatic N) is 2. The highest BCUT2D eigenvalue weighted by molar-refractivity contribution is 5.76. The lowest BCUT2D eigenvalue weighted by atomic mass is 10.1. The Hall–Kier alpha value is -4.06.